The summed E-state index contributed by atoms with van der Waals surface area (Å²) in [6.07, 6.45) is 0.0196. The van der Waals surface area contributed by atoms with Gasteiger partial charge in [-0.15, -0.1) is 0 Å². The van der Waals surface area contributed by atoms with Gasteiger partial charge in [-0.2, -0.15) is 0 Å². The summed E-state index contributed by atoms with van der Waals surface area (Å²) in [7, 11) is 1.26. The van der Waals surface area contributed by atoms with E-state index in [4.69, 9.17) is 0 Å². The Morgan fingerprint density at radius 1 is 1.08 bits per heavy atom. The maximum Gasteiger partial charge on any atom is 0.300 e. The number of aromatic nitrogens is 1. The number of rotatable bonds is 5. The van der Waals surface area contributed by atoms with Crippen molar-refractivity contribution in [3.05, 3.63) is 64.5 Å². The van der Waals surface area contributed by atoms with Gasteiger partial charge in [-0.1, -0.05) is 6.92 Å². The first-order valence-electron chi connectivity index (χ1n) is 6.79. The molecule has 24 heavy (non-hydrogen) atoms. The molecule has 0 spiro atoms. The number of hydrogen-bond donors (Lipinski definition) is 0. The van der Waals surface area contributed by atoms with E-state index < -0.39 is 37.7 Å². The van der Waals surface area contributed by atoms with Gasteiger partial charge in [-0.3, -0.25) is 35.1 Å². The zero-order valence-electron chi connectivity index (χ0n) is 12.7. The van der Waals surface area contributed by atoms with Crippen molar-refractivity contribution < 1.29 is 14.8 Å². The summed E-state index contributed by atoms with van der Waals surface area (Å²) >= 11 is 0. The largest absolute Gasteiger partial charge is 0.305 e. The van der Waals surface area contributed by atoms with Crippen LogP contribution in [0.3, 0.4) is 0 Å². The first kappa shape index (κ1) is 17.0. The molecule has 0 saturated heterocycles. The molecule has 0 unspecified atom stereocenters. The van der Waals surface area contributed by atoms with Crippen LogP contribution in [0.4, 0.5) is 11.4 Å². The number of benzene rings is 1. The van der Waals surface area contributed by atoms with Crippen molar-refractivity contribution in [2.45, 2.75) is 19.4 Å². The molecule has 0 saturated carbocycles. The lowest BCUT2D eigenvalue weighted by atomic mass is 9.99. The average Bonchev–Trinajstić information content (AvgIpc) is 2.50. The smallest absolute Gasteiger partial charge is 0.300 e. The van der Waals surface area contributed by atoms with Crippen molar-refractivity contribution in [3.63, 3.8) is 0 Å². The van der Waals surface area contributed by atoms with E-state index in [2.05, 4.69) is 0 Å². The van der Waals surface area contributed by atoms with Gasteiger partial charge in [0.2, 0.25) is 6.04 Å². The van der Waals surface area contributed by atoms with Crippen LogP contribution in [0.1, 0.15) is 24.9 Å². The minimum Gasteiger partial charge on any atom is -0.305 e. The third-order valence-electron chi connectivity index (χ3n) is 3.74. The fraction of sp³-hybridized carbons (Fsp3) is 0.308. The molecule has 0 N–H and O–H groups in total. The summed E-state index contributed by atoms with van der Waals surface area (Å²) in [5.41, 5.74) is -2.17. The maximum atomic E-state index is 12.1. The number of nitrogens with zero attached hydrogens (tertiary/aromatic N) is 4. The minimum atomic E-state index is -1.30. The molecule has 0 aliphatic heterocycles. The quantitative estimate of drug-likeness (QED) is 0.598. The molecule has 2 rings (SSSR count). The first-order valence-corrected chi connectivity index (χ1v) is 6.79. The molecule has 11 nitrogen and oxygen atoms in total. The molecule has 126 valence electrons. The Morgan fingerprint density at radius 3 is 2.17 bits per heavy atom. The van der Waals surface area contributed by atoms with Crippen molar-refractivity contribution in [2.24, 2.45) is 7.05 Å². The van der Waals surface area contributed by atoms with Crippen molar-refractivity contribution in [1.29, 1.82) is 0 Å². The second-order valence-electron chi connectivity index (χ2n) is 5.08. The molecule has 0 aliphatic carbocycles. The fourth-order valence-electron chi connectivity index (χ4n) is 2.60. The number of nitro groups is 3. The van der Waals surface area contributed by atoms with Crippen LogP contribution >= 0.6 is 0 Å². The lowest BCUT2D eigenvalue weighted by Gasteiger charge is -2.13. The van der Waals surface area contributed by atoms with Crippen molar-refractivity contribution >= 4 is 22.3 Å². The summed E-state index contributed by atoms with van der Waals surface area (Å²) in [5, 5.41) is 33.5. The monoisotopic (exact) mass is 336 g/mol. The molecule has 0 radical (unpaired) electrons. The van der Waals surface area contributed by atoms with Gasteiger partial charge in [-0.05, 0) is 0 Å². The number of fused-ring (bicyclic) bond motifs is 1. The predicted octanol–water partition coefficient (Wildman–Crippen LogP) is 2.08. The van der Waals surface area contributed by atoms with E-state index in [-0.39, 0.29) is 22.9 Å². The molecule has 0 amide bonds. The summed E-state index contributed by atoms with van der Waals surface area (Å²) in [6, 6.07) is 1.44. The van der Waals surface area contributed by atoms with Crippen molar-refractivity contribution in [1.82, 2.24) is 4.57 Å². The van der Waals surface area contributed by atoms with E-state index in [0.29, 0.717) is 0 Å². The third kappa shape index (κ3) is 2.66. The molecule has 1 aromatic carbocycles. The molecular weight excluding hydrogens is 324 g/mol. The van der Waals surface area contributed by atoms with E-state index in [0.717, 1.165) is 22.8 Å². The van der Waals surface area contributed by atoms with Gasteiger partial charge in [-0.25, -0.2) is 0 Å². The van der Waals surface area contributed by atoms with Crippen LogP contribution in [-0.4, -0.2) is 19.3 Å². The number of nitro benzene ring substituents is 2. The van der Waals surface area contributed by atoms with Gasteiger partial charge < -0.3 is 4.57 Å². The van der Waals surface area contributed by atoms with Gasteiger partial charge in [0, 0.05) is 41.5 Å². The highest BCUT2D eigenvalue weighted by atomic mass is 16.6. The van der Waals surface area contributed by atoms with Crippen LogP contribution in [0.5, 0.6) is 0 Å². The van der Waals surface area contributed by atoms with Crippen LogP contribution < -0.4 is 5.56 Å². The number of aryl methyl sites for hydroxylation is 1. The number of hydrogen-bond acceptors (Lipinski definition) is 7. The van der Waals surface area contributed by atoms with Crippen LogP contribution in [0.15, 0.2) is 23.0 Å². The first-order chi connectivity index (χ1) is 11.2. The third-order valence-corrected chi connectivity index (χ3v) is 3.74. The van der Waals surface area contributed by atoms with E-state index in [9.17, 15) is 35.1 Å². The zero-order chi connectivity index (χ0) is 18.2. The van der Waals surface area contributed by atoms with E-state index in [1.54, 1.807) is 0 Å². The normalized spacial score (nSPS) is 12.1. The van der Waals surface area contributed by atoms with E-state index in [1.165, 1.54) is 14.0 Å². The molecule has 2 aromatic rings. The van der Waals surface area contributed by atoms with Gasteiger partial charge in [0.05, 0.1) is 15.9 Å². The molecule has 11 heteroatoms. The summed E-state index contributed by atoms with van der Waals surface area (Å²) < 4.78 is 0.952. The lowest BCUT2D eigenvalue weighted by molar-refractivity contribution is -0.529. The van der Waals surface area contributed by atoms with Crippen molar-refractivity contribution in [2.75, 3.05) is 0 Å². The van der Waals surface area contributed by atoms with E-state index >= 15 is 0 Å². The van der Waals surface area contributed by atoms with Gasteiger partial charge in [0.15, 0.2) is 0 Å². The molecule has 0 aliphatic rings. The number of pyridine rings is 1. The molecule has 1 aromatic heterocycles. The van der Waals surface area contributed by atoms with Crippen molar-refractivity contribution in [3.8, 4) is 0 Å². The van der Waals surface area contributed by atoms with Crippen LogP contribution in [0, 0.1) is 30.3 Å². The van der Waals surface area contributed by atoms with Gasteiger partial charge in [0.25, 0.3) is 16.9 Å². The Bertz CT molecular complexity index is 934. The Labute approximate surface area is 133 Å². The molecule has 0 bridgehead atoms. The second-order valence-corrected chi connectivity index (χ2v) is 5.08. The molecular formula is C13H12N4O7. The highest BCUT2D eigenvalue weighted by molar-refractivity contribution is 5.92. The minimum absolute atomic E-state index is 0.0196. The highest BCUT2D eigenvalue weighted by Crippen LogP contribution is 2.35. The van der Waals surface area contributed by atoms with Gasteiger partial charge in [0.1, 0.15) is 5.52 Å². The topological polar surface area (TPSA) is 151 Å². The van der Waals surface area contributed by atoms with Crippen LogP contribution in [0.25, 0.3) is 10.9 Å². The lowest BCUT2D eigenvalue weighted by Crippen LogP contribution is -2.21. The van der Waals surface area contributed by atoms with Crippen LogP contribution in [0.2, 0.25) is 0 Å². The van der Waals surface area contributed by atoms with E-state index in [1.807, 2.05) is 0 Å². The summed E-state index contributed by atoms with van der Waals surface area (Å²) in [6.45, 7) is 1.52. The molecule has 1 heterocycles. The summed E-state index contributed by atoms with van der Waals surface area (Å²) in [5.74, 6) is 0. The van der Waals surface area contributed by atoms with Crippen LogP contribution in [-0.2, 0) is 7.05 Å². The van der Waals surface area contributed by atoms with Gasteiger partial charge >= 0.3 is 0 Å². The predicted molar refractivity (Wildman–Crippen MR) is 82.5 cm³/mol. The standard InChI is InChI=1S/C13H12N4O7/c1-3-10(16(21)22)8-6-12(18)14(2)13-9(8)4-7(15(19)20)5-11(13)17(23)24/h4-6,10H,3H2,1-2H3/t10-/m1/s1. The molecule has 1 atom stereocenters. The summed E-state index contributed by atoms with van der Waals surface area (Å²) in [4.78, 5) is 43.3. The maximum absolute atomic E-state index is 12.1. The average molecular weight is 336 g/mol. The molecule has 0 fully saturated rings. The fourth-order valence-corrected chi connectivity index (χ4v) is 2.60. The Kier molecular flexibility index (Phi) is 4.26. The Hall–Kier alpha value is -3.37. The Balaban J connectivity index is 3.08. The zero-order valence-corrected chi connectivity index (χ0v) is 12.7. The Morgan fingerprint density at radius 2 is 1.71 bits per heavy atom. The number of non-ortho nitro benzene ring substituents is 2. The second kappa shape index (κ2) is 6.02. The SMILES string of the molecule is CC[C@H](c1cc(=O)n(C)c2c([N+](=O)[O-])cc([N+](=O)[O-])cc12)[N+](=O)[O-]. The highest BCUT2D eigenvalue weighted by Gasteiger charge is 2.29.